The minimum Gasteiger partial charge on any atom is -0.506 e. The average molecular weight is 504 g/mol. The van der Waals surface area contributed by atoms with E-state index >= 15 is 0 Å². The summed E-state index contributed by atoms with van der Waals surface area (Å²) in [6.07, 6.45) is 7.63. The van der Waals surface area contributed by atoms with Crippen LogP contribution in [0.25, 0.3) is 21.9 Å². The summed E-state index contributed by atoms with van der Waals surface area (Å²) in [5, 5.41) is 33.5. The molecular formula is C28H35N6O3. The normalized spacial score (nSPS) is 15.6. The van der Waals surface area contributed by atoms with Gasteiger partial charge < -0.3 is 25.4 Å². The third kappa shape index (κ3) is 5.84. The molecule has 0 spiro atoms. The monoisotopic (exact) mass is 503 g/mol. The molecule has 1 atom stereocenters. The van der Waals surface area contributed by atoms with Crippen molar-refractivity contribution in [2.75, 3.05) is 20.1 Å². The maximum Gasteiger partial charge on any atom is 0.248 e. The average Bonchev–Trinajstić information content (AvgIpc) is 3.31. The second kappa shape index (κ2) is 11.4. The Morgan fingerprint density at radius 2 is 2.03 bits per heavy atom. The number of hydrogen-bond donors (Lipinski definition) is 4. The molecule has 5 rings (SSSR count). The molecule has 4 N–H and O–H groups in total. The predicted octanol–water partition coefficient (Wildman–Crippen LogP) is 3.27. The van der Waals surface area contributed by atoms with E-state index in [-0.39, 0.29) is 11.3 Å². The molecular weight excluding hydrogens is 468 g/mol. The third-order valence-electron chi connectivity index (χ3n) is 7.42. The first-order chi connectivity index (χ1) is 18.0. The van der Waals surface area contributed by atoms with Gasteiger partial charge in [-0.25, -0.2) is 4.68 Å². The van der Waals surface area contributed by atoms with Gasteiger partial charge in [-0.1, -0.05) is 17.3 Å². The van der Waals surface area contributed by atoms with Crippen molar-refractivity contribution in [1.82, 2.24) is 30.2 Å². The van der Waals surface area contributed by atoms with Gasteiger partial charge in [0.25, 0.3) is 0 Å². The quantitative estimate of drug-likeness (QED) is 0.262. The fourth-order valence-electron chi connectivity index (χ4n) is 5.31. The third-order valence-corrected chi connectivity index (χ3v) is 7.42. The molecule has 37 heavy (non-hydrogen) atoms. The molecule has 0 amide bonds. The second-order valence-corrected chi connectivity index (χ2v) is 10.00. The molecule has 0 bridgehead atoms. The highest BCUT2D eigenvalue weighted by Gasteiger charge is 2.18. The van der Waals surface area contributed by atoms with Gasteiger partial charge in [-0.2, -0.15) is 0 Å². The number of hydrogen-bond acceptors (Lipinski definition) is 7. The fraction of sp³-hybridized carbons (Fsp3) is 0.429. The summed E-state index contributed by atoms with van der Waals surface area (Å²) < 4.78 is 1.99. The summed E-state index contributed by atoms with van der Waals surface area (Å²) in [7, 11) is 2.23. The van der Waals surface area contributed by atoms with E-state index in [0.29, 0.717) is 35.6 Å². The van der Waals surface area contributed by atoms with Crippen LogP contribution in [0.2, 0.25) is 0 Å². The topological polar surface area (TPSA) is 119 Å². The summed E-state index contributed by atoms with van der Waals surface area (Å²) in [5.41, 5.74) is 3.62. The van der Waals surface area contributed by atoms with Crippen molar-refractivity contribution in [3.8, 4) is 5.75 Å². The molecule has 1 saturated carbocycles. The van der Waals surface area contributed by atoms with Crippen LogP contribution in [0.5, 0.6) is 5.75 Å². The van der Waals surface area contributed by atoms with E-state index < -0.39 is 6.10 Å². The van der Waals surface area contributed by atoms with Crippen LogP contribution in [0, 0.1) is 6.42 Å². The Morgan fingerprint density at radius 1 is 1.19 bits per heavy atom. The van der Waals surface area contributed by atoms with E-state index in [2.05, 4.69) is 51.1 Å². The fourth-order valence-corrected chi connectivity index (χ4v) is 5.31. The molecule has 1 aliphatic rings. The molecule has 4 aromatic rings. The highest BCUT2D eigenvalue weighted by molar-refractivity contribution is 5.87. The molecule has 2 heterocycles. The molecule has 1 radical (unpaired) electrons. The predicted molar refractivity (Wildman–Crippen MR) is 144 cm³/mol. The lowest BCUT2D eigenvalue weighted by atomic mass is 9.94. The van der Waals surface area contributed by atoms with Gasteiger partial charge in [0.05, 0.1) is 17.1 Å². The van der Waals surface area contributed by atoms with Crippen LogP contribution in [0.15, 0.2) is 47.3 Å². The molecule has 1 aliphatic carbocycles. The van der Waals surface area contributed by atoms with Crippen molar-refractivity contribution < 1.29 is 10.2 Å². The zero-order valence-corrected chi connectivity index (χ0v) is 21.2. The Balaban J connectivity index is 1.15. The number of H-pyrrole nitrogens is 1. The number of rotatable bonds is 10. The maximum absolute atomic E-state index is 11.6. The standard InChI is InChI=1S/C28H35N6O3/c1-33(20-6-3-2-4-7-20)14-5-15-34-24-11-8-19(16-23(24)31-32-34)17-29-18-26(36)21-9-12-25(35)28-22(21)10-13-27(37)30-28/h2,8-13,16,20,26,29,35-36H,3-7,14-15,17-18H2,1H3,(H,30,37)/t26-/m1/s1. The van der Waals surface area contributed by atoms with E-state index in [9.17, 15) is 15.0 Å². The molecule has 2 aromatic heterocycles. The molecule has 9 heteroatoms. The lowest BCUT2D eigenvalue weighted by Gasteiger charge is -2.31. The largest absolute Gasteiger partial charge is 0.506 e. The summed E-state index contributed by atoms with van der Waals surface area (Å²) in [6, 6.07) is 13.0. The van der Waals surface area contributed by atoms with E-state index in [1.165, 1.54) is 37.8 Å². The van der Waals surface area contributed by atoms with E-state index in [0.717, 1.165) is 36.1 Å². The first kappa shape index (κ1) is 25.4. The van der Waals surface area contributed by atoms with Crippen molar-refractivity contribution in [3.63, 3.8) is 0 Å². The lowest BCUT2D eigenvalue weighted by Crippen LogP contribution is -2.34. The van der Waals surface area contributed by atoms with Gasteiger partial charge >= 0.3 is 0 Å². The van der Waals surface area contributed by atoms with Crippen molar-refractivity contribution in [3.05, 3.63) is 70.4 Å². The first-order valence-electron chi connectivity index (χ1n) is 13.1. The minimum atomic E-state index is -0.802. The number of aromatic amines is 1. The molecule has 0 aliphatic heterocycles. The highest BCUT2D eigenvalue weighted by atomic mass is 16.3. The van der Waals surface area contributed by atoms with E-state index in [4.69, 9.17) is 0 Å². The number of aliphatic hydroxyl groups is 1. The molecule has 2 aromatic carbocycles. The van der Waals surface area contributed by atoms with Gasteiger partial charge in [0.2, 0.25) is 5.56 Å². The van der Waals surface area contributed by atoms with Crippen molar-refractivity contribution in [1.29, 1.82) is 0 Å². The Labute approximate surface area is 216 Å². The molecule has 9 nitrogen and oxygen atoms in total. The lowest BCUT2D eigenvalue weighted by molar-refractivity contribution is 0.176. The smallest absolute Gasteiger partial charge is 0.248 e. The number of nitrogens with zero attached hydrogens (tertiary/aromatic N) is 4. The second-order valence-electron chi connectivity index (χ2n) is 10.00. The van der Waals surface area contributed by atoms with Gasteiger partial charge in [-0.05, 0) is 87.5 Å². The summed E-state index contributed by atoms with van der Waals surface area (Å²) >= 11 is 0. The number of aromatic hydroxyl groups is 1. The van der Waals surface area contributed by atoms with Crippen LogP contribution >= 0.6 is 0 Å². The van der Waals surface area contributed by atoms with Crippen LogP contribution in [0.1, 0.15) is 49.3 Å². The number of pyridine rings is 1. The Morgan fingerprint density at radius 3 is 2.86 bits per heavy atom. The van der Waals surface area contributed by atoms with Crippen LogP contribution in [0.3, 0.4) is 0 Å². The van der Waals surface area contributed by atoms with Gasteiger partial charge in [0, 0.05) is 37.1 Å². The van der Waals surface area contributed by atoms with Crippen molar-refractivity contribution >= 4 is 21.9 Å². The van der Waals surface area contributed by atoms with Crippen LogP contribution in [0.4, 0.5) is 0 Å². The number of phenolic OH excluding ortho intramolecular Hbond substituents is 1. The van der Waals surface area contributed by atoms with Gasteiger partial charge in [-0.3, -0.25) is 4.79 Å². The summed E-state index contributed by atoms with van der Waals surface area (Å²) in [6.45, 7) is 2.78. The molecule has 1 fully saturated rings. The zero-order chi connectivity index (χ0) is 25.8. The number of fused-ring (bicyclic) bond motifs is 2. The van der Waals surface area contributed by atoms with Crippen LogP contribution in [-0.2, 0) is 13.1 Å². The Kier molecular flexibility index (Phi) is 7.83. The molecule has 0 unspecified atom stereocenters. The molecule has 195 valence electrons. The van der Waals surface area contributed by atoms with E-state index in [1.54, 1.807) is 12.1 Å². The number of aliphatic hydroxyl groups excluding tert-OH is 1. The Bertz CT molecular complexity index is 1410. The maximum atomic E-state index is 11.6. The van der Waals surface area contributed by atoms with Gasteiger partial charge in [-0.15, -0.1) is 5.10 Å². The number of aromatic nitrogens is 4. The number of phenols is 1. The SMILES string of the molecule is CN(CCCn1nnc2cc(CNC[C@@H](O)c3ccc(O)c4[nH]c(=O)ccc34)ccc21)C1CC[CH]CC1. The van der Waals surface area contributed by atoms with Crippen molar-refractivity contribution in [2.24, 2.45) is 0 Å². The number of benzene rings is 2. The van der Waals surface area contributed by atoms with Crippen LogP contribution < -0.4 is 10.9 Å². The first-order valence-corrected chi connectivity index (χ1v) is 13.1. The van der Waals surface area contributed by atoms with Crippen molar-refractivity contribution in [2.45, 2.75) is 57.3 Å². The molecule has 0 saturated heterocycles. The van der Waals surface area contributed by atoms with Gasteiger partial charge in [0.15, 0.2) is 0 Å². The summed E-state index contributed by atoms with van der Waals surface area (Å²) in [4.78, 5) is 16.7. The minimum absolute atomic E-state index is 0.0204. The van der Waals surface area contributed by atoms with Gasteiger partial charge in [0.1, 0.15) is 11.3 Å². The zero-order valence-electron chi connectivity index (χ0n) is 21.2. The summed E-state index contributed by atoms with van der Waals surface area (Å²) in [5.74, 6) is -0.0204. The number of aryl methyl sites for hydroxylation is 1. The number of nitrogens with one attached hydrogen (secondary N) is 2. The Hall–Kier alpha value is -3.27. The van der Waals surface area contributed by atoms with Crippen LogP contribution in [-0.4, -0.2) is 61.3 Å². The van der Waals surface area contributed by atoms with E-state index in [1.807, 2.05) is 10.7 Å². The highest BCUT2D eigenvalue weighted by Crippen LogP contribution is 2.28.